The number of rotatable bonds is 4. The van der Waals surface area contributed by atoms with Crippen LogP contribution in [-0.2, 0) is 6.42 Å². The van der Waals surface area contributed by atoms with Crippen LogP contribution in [-0.4, -0.2) is 37.6 Å². The molecule has 1 atom stereocenters. The number of aliphatic imine (C=N–C) groups is 1. The molecule has 4 nitrogen and oxygen atoms in total. The molecule has 1 saturated heterocycles. The largest absolute Gasteiger partial charge is 0.497 e. The Labute approximate surface area is 121 Å². The van der Waals surface area contributed by atoms with Gasteiger partial charge in [-0.3, -0.25) is 4.99 Å². The minimum absolute atomic E-state index is 0.699. The van der Waals surface area contributed by atoms with Crippen LogP contribution in [0, 0.1) is 5.92 Å². The first-order valence-electron chi connectivity index (χ1n) is 7.37. The zero-order chi connectivity index (χ0) is 14.4. The van der Waals surface area contributed by atoms with Crippen LogP contribution in [0.15, 0.2) is 29.3 Å². The summed E-state index contributed by atoms with van der Waals surface area (Å²) in [6, 6.07) is 8.12. The molecular weight excluding hydrogens is 250 g/mol. The number of hydrogen-bond acceptors (Lipinski definition) is 2. The molecule has 0 bridgehead atoms. The van der Waals surface area contributed by atoms with E-state index in [4.69, 9.17) is 10.5 Å². The van der Waals surface area contributed by atoms with Gasteiger partial charge in [0.2, 0.25) is 0 Å². The second-order valence-electron chi connectivity index (χ2n) is 5.53. The summed E-state index contributed by atoms with van der Waals surface area (Å²) in [5.74, 6) is 2.31. The van der Waals surface area contributed by atoms with Crippen molar-refractivity contribution in [2.24, 2.45) is 16.6 Å². The van der Waals surface area contributed by atoms with Crippen LogP contribution < -0.4 is 10.5 Å². The standard InChI is InChI=1S/C16H25N3O/c1-13-4-3-11-19(12-13)16(17)18-10-9-14-5-7-15(20-2)8-6-14/h5-8,13H,3-4,9-12H2,1-2H3,(H2,17,18). The van der Waals surface area contributed by atoms with E-state index in [0.29, 0.717) is 5.96 Å². The third-order valence-corrected chi connectivity index (χ3v) is 3.81. The van der Waals surface area contributed by atoms with Gasteiger partial charge in [0.1, 0.15) is 5.75 Å². The average Bonchev–Trinajstić information content (AvgIpc) is 2.48. The minimum atomic E-state index is 0.699. The minimum Gasteiger partial charge on any atom is -0.497 e. The van der Waals surface area contributed by atoms with Crippen molar-refractivity contribution >= 4 is 5.96 Å². The molecule has 1 aliphatic rings. The van der Waals surface area contributed by atoms with Crippen LogP contribution in [0.25, 0.3) is 0 Å². The van der Waals surface area contributed by atoms with Crippen LogP contribution in [0.5, 0.6) is 5.75 Å². The Bertz CT molecular complexity index is 442. The molecule has 0 amide bonds. The fourth-order valence-corrected chi connectivity index (χ4v) is 2.59. The first kappa shape index (κ1) is 14.7. The predicted molar refractivity (Wildman–Crippen MR) is 83.2 cm³/mol. The lowest BCUT2D eigenvalue weighted by molar-refractivity contribution is 0.270. The van der Waals surface area contributed by atoms with Gasteiger partial charge in [0, 0.05) is 19.6 Å². The molecule has 20 heavy (non-hydrogen) atoms. The molecule has 2 N–H and O–H groups in total. The second-order valence-corrected chi connectivity index (χ2v) is 5.53. The van der Waals surface area contributed by atoms with Gasteiger partial charge in [-0.25, -0.2) is 0 Å². The van der Waals surface area contributed by atoms with Crippen LogP contribution in [0.1, 0.15) is 25.3 Å². The Morgan fingerprint density at radius 2 is 2.15 bits per heavy atom. The van der Waals surface area contributed by atoms with E-state index in [1.54, 1.807) is 7.11 Å². The smallest absolute Gasteiger partial charge is 0.191 e. The highest BCUT2D eigenvalue weighted by Gasteiger charge is 2.17. The van der Waals surface area contributed by atoms with Gasteiger partial charge in [0.25, 0.3) is 0 Å². The molecule has 1 unspecified atom stereocenters. The van der Waals surface area contributed by atoms with E-state index in [2.05, 4.69) is 28.9 Å². The molecule has 2 rings (SSSR count). The quantitative estimate of drug-likeness (QED) is 0.677. The first-order chi connectivity index (χ1) is 9.69. The number of nitrogens with zero attached hydrogens (tertiary/aromatic N) is 2. The van der Waals surface area contributed by atoms with E-state index in [9.17, 15) is 0 Å². The molecule has 4 heteroatoms. The van der Waals surface area contributed by atoms with Gasteiger partial charge >= 0.3 is 0 Å². The van der Waals surface area contributed by atoms with Crippen molar-refractivity contribution < 1.29 is 4.74 Å². The number of benzene rings is 1. The van der Waals surface area contributed by atoms with Gasteiger partial charge in [-0.1, -0.05) is 19.1 Å². The number of guanidine groups is 1. The van der Waals surface area contributed by atoms with Gasteiger partial charge < -0.3 is 15.4 Å². The maximum absolute atomic E-state index is 6.08. The maximum atomic E-state index is 6.08. The highest BCUT2D eigenvalue weighted by atomic mass is 16.5. The van der Waals surface area contributed by atoms with Crippen molar-refractivity contribution in [1.29, 1.82) is 0 Å². The number of piperidine rings is 1. The van der Waals surface area contributed by atoms with Crippen molar-refractivity contribution in [3.8, 4) is 5.75 Å². The Morgan fingerprint density at radius 3 is 2.80 bits per heavy atom. The lowest BCUT2D eigenvalue weighted by Crippen LogP contribution is -2.43. The third kappa shape index (κ3) is 4.15. The van der Waals surface area contributed by atoms with Gasteiger partial charge in [-0.15, -0.1) is 0 Å². The van der Waals surface area contributed by atoms with E-state index in [1.165, 1.54) is 18.4 Å². The second kappa shape index (κ2) is 7.17. The molecular formula is C16H25N3O. The fraction of sp³-hybridized carbons (Fsp3) is 0.562. The van der Waals surface area contributed by atoms with Crippen LogP contribution in [0.2, 0.25) is 0 Å². The van der Waals surface area contributed by atoms with E-state index in [-0.39, 0.29) is 0 Å². The number of likely N-dealkylation sites (tertiary alicyclic amines) is 1. The first-order valence-corrected chi connectivity index (χ1v) is 7.37. The van der Waals surface area contributed by atoms with Crippen molar-refractivity contribution in [3.05, 3.63) is 29.8 Å². The molecule has 1 aromatic carbocycles. The molecule has 0 aliphatic carbocycles. The Morgan fingerprint density at radius 1 is 1.40 bits per heavy atom. The van der Waals surface area contributed by atoms with Gasteiger partial charge in [0.05, 0.1) is 7.11 Å². The zero-order valence-electron chi connectivity index (χ0n) is 12.5. The molecule has 110 valence electrons. The van der Waals surface area contributed by atoms with Crippen molar-refractivity contribution in [2.45, 2.75) is 26.2 Å². The molecule has 0 saturated carbocycles. The molecule has 1 aromatic rings. The maximum Gasteiger partial charge on any atom is 0.191 e. The Balaban J connectivity index is 1.82. The topological polar surface area (TPSA) is 50.9 Å². The average molecular weight is 275 g/mol. The summed E-state index contributed by atoms with van der Waals surface area (Å²) in [6.45, 7) is 5.10. The lowest BCUT2D eigenvalue weighted by Gasteiger charge is -2.31. The van der Waals surface area contributed by atoms with Crippen molar-refractivity contribution in [1.82, 2.24) is 4.90 Å². The molecule has 0 spiro atoms. The Kier molecular flexibility index (Phi) is 5.27. The lowest BCUT2D eigenvalue weighted by atomic mass is 10.0. The van der Waals surface area contributed by atoms with Crippen LogP contribution in [0.4, 0.5) is 0 Å². The number of hydrogen-bond donors (Lipinski definition) is 1. The summed E-state index contributed by atoms with van der Waals surface area (Å²) in [7, 11) is 1.68. The van der Waals surface area contributed by atoms with Crippen LogP contribution in [0.3, 0.4) is 0 Å². The summed E-state index contributed by atoms with van der Waals surface area (Å²) < 4.78 is 5.15. The fourth-order valence-electron chi connectivity index (χ4n) is 2.59. The van der Waals surface area contributed by atoms with Gasteiger partial charge in [0.15, 0.2) is 5.96 Å². The highest BCUT2D eigenvalue weighted by molar-refractivity contribution is 5.78. The zero-order valence-corrected chi connectivity index (χ0v) is 12.5. The third-order valence-electron chi connectivity index (χ3n) is 3.81. The van der Waals surface area contributed by atoms with E-state index < -0.39 is 0 Å². The van der Waals surface area contributed by atoms with Gasteiger partial charge in [-0.05, 0) is 42.9 Å². The summed E-state index contributed by atoms with van der Waals surface area (Å²) in [4.78, 5) is 6.72. The van der Waals surface area contributed by atoms with Gasteiger partial charge in [-0.2, -0.15) is 0 Å². The van der Waals surface area contributed by atoms with Crippen LogP contribution >= 0.6 is 0 Å². The molecule has 1 aliphatic heterocycles. The van der Waals surface area contributed by atoms with Crippen molar-refractivity contribution in [2.75, 3.05) is 26.7 Å². The van der Waals surface area contributed by atoms with E-state index in [0.717, 1.165) is 37.7 Å². The molecule has 0 radical (unpaired) electrons. The summed E-state index contributed by atoms with van der Waals surface area (Å²) in [5.41, 5.74) is 7.34. The number of methoxy groups -OCH3 is 1. The predicted octanol–water partition coefficient (Wildman–Crippen LogP) is 2.28. The summed E-state index contributed by atoms with van der Waals surface area (Å²) in [5, 5.41) is 0. The monoisotopic (exact) mass is 275 g/mol. The molecule has 0 aromatic heterocycles. The van der Waals surface area contributed by atoms with E-state index >= 15 is 0 Å². The summed E-state index contributed by atoms with van der Waals surface area (Å²) in [6.07, 6.45) is 3.43. The van der Waals surface area contributed by atoms with Crippen molar-refractivity contribution in [3.63, 3.8) is 0 Å². The molecule has 1 heterocycles. The summed E-state index contributed by atoms with van der Waals surface area (Å²) >= 11 is 0. The van der Waals surface area contributed by atoms with E-state index in [1.807, 2.05) is 12.1 Å². The highest BCUT2D eigenvalue weighted by Crippen LogP contribution is 2.15. The molecule has 1 fully saturated rings. The SMILES string of the molecule is COc1ccc(CCN=C(N)N2CCCC(C)C2)cc1. The number of ether oxygens (including phenoxy) is 1. The Hall–Kier alpha value is -1.71. The number of nitrogens with two attached hydrogens (primary N) is 1. The normalized spacial score (nSPS) is 20.0.